The van der Waals surface area contributed by atoms with Crippen molar-refractivity contribution in [3.8, 4) is 5.75 Å². The van der Waals surface area contributed by atoms with E-state index in [1.807, 2.05) is 26.8 Å². The summed E-state index contributed by atoms with van der Waals surface area (Å²) in [5.41, 5.74) is 22.4. The van der Waals surface area contributed by atoms with Crippen molar-refractivity contribution in [3.63, 3.8) is 0 Å². The molecule has 9 nitrogen and oxygen atoms in total. The Morgan fingerprint density at radius 1 is 0.854 bits per heavy atom. The van der Waals surface area contributed by atoms with Gasteiger partial charge in [0.15, 0.2) is 5.75 Å². The number of allylic oxidation sites excluding steroid dienone is 2. The molecule has 3 aromatic carbocycles. The molecule has 0 saturated heterocycles. The fourth-order valence-electron chi connectivity index (χ4n) is 6.14. The molecule has 0 heterocycles. The molecule has 0 aliphatic carbocycles. The molecule has 1 atom stereocenters. The average Bonchev–Trinajstić information content (AvgIpc) is 3.04. The van der Waals surface area contributed by atoms with Crippen molar-refractivity contribution in [2.75, 3.05) is 17.2 Å². The fourth-order valence-corrected chi connectivity index (χ4v) is 6.14. The van der Waals surface area contributed by atoms with Crippen LogP contribution in [0.1, 0.15) is 134 Å². The Hall–Kier alpha value is -4.79. The lowest BCUT2D eigenvalue weighted by Gasteiger charge is -2.27. The van der Waals surface area contributed by atoms with Gasteiger partial charge in [0.05, 0.1) is 22.4 Å². The molecular formula is C39H51N3O6. The standard InChI is InChI=1S/C39H51N3O6/c1-6-8-13-25(7-2)21-31-32(37(45)46)23-30(34(42)35(31)48-38(47)26-14-16-27(40)17-15-26)24(3)12-10-9-11-20-39(4,5)33-22-28(41)18-19-29(33)36(43)44/h12,14-19,22-23,25H,6-11,13,20-21,40-42H2,1-5H3,(H,43,44)(H,45,46). The number of nitrogen functional groups attached to an aromatic ring is 3. The van der Waals surface area contributed by atoms with Crippen molar-refractivity contribution in [1.29, 1.82) is 0 Å². The van der Waals surface area contributed by atoms with Gasteiger partial charge >= 0.3 is 17.9 Å². The number of rotatable bonds is 17. The van der Waals surface area contributed by atoms with Gasteiger partial charge in [-0.05, 0) is 104 Å². The molecule has 3 rings (SSSR count). The molecular weight excluding hydrogens is 606 g/mol. The highest BCUT2D eigenvalue weighted by Gasteiger charge is 2.27. The van der Waals surface area contributed by atoms with Crippen molar-refractivity contribution in [3.05, 3.63) is 88.0 Å². The maximum atomic E-state index is 13.3. The van der Waals surface area contributed by atoms with Gasteiger partial charge in [-0.25, -0.2) is 14.4 Å². The number of unbranched alkanes of at least 4 members (excludes halogenated alkanes) is 3. The number of hydrogen-bond acceptors (Lipinski definition) is 7. The Morgan fingerprint density at radius 2 is 1.50 bits per heavy atom. The van der Waals surface area contributed by atoms with Crippen LogP contribution in [0.4, 0.5) is 17.1 Å². The monoisotopic (exact) mass is 657 g/mol. The molecule has 0 aromatic heterocycles. The summed E-state index contributed by atoms with van der Waals surface area (Å²) >= 11 is 0. The lowest BCUT2D eigenvalue weighted by atomic mass is 9.77. The highest BCUT2D eigenvalue weighted by Crippen LogP contribution is 2.40. The molecule has 0 radical (unpaired) electrons. The summed E-state index contributed by atoms with van der Waals surface area (Å²) in [5, 5.41) is 20.0. The van der Waals surface area contributed by atoms with Gasteiger partial charge < -0.3 is 32.2 Å². The smallest absolute Gasteiger partial charge is 0.343 e. The van der Waals surface area contributed by atoms with Crippen LogP contribution in [-0.4, -0.2) is 28.1 Å². The predicted octanol–water partition coefficient (Wildman–Crippen LogP) is 8.75. The first-order chi connectivity index (χ1) is 22.7. The van der Waals surface area contributed by atoms with Crippen LogP contribution >= 0.6 is 0 Å². The van der Waals surface area contributed by atoms with E-state index in [0.717, 1.165) is 50.5 Å². The van der Waals surface area contributed by atoms with Crippen molar-refractivity contribution in [2.45, 2.75) is 97.8 Å². The highest BCUT2D eigenvalue weighted by atomic mass is 16.5. The van der Waals surface area contributed by atoms with E-state index in [2.05, 4.69) is 13.8 Å². The summed E-state index contributed by atoms with van der Waals surface area (Å²) in [6.45, 7) is 10.1. The molecule has 0 aliphatic rings. The quantitative estimate of drug-likeness (QED) is 0.0410. The van der Waals surface area contributed by atoms with Crippen molar-refractivity contribution >= 4 is 40.5 Å². The van der Waals surface area contributed by atoms with E-state index >= 15 is 0 Å². The van der Waals surface area contributed by atoms with Gasteiger partial charge in [0.1, 0.15) is 0 Å². The van der Waals surface area contributed by atoms with Crippen molar-refractivity contribution < 1.29 is 29.3 Å². The minimum atomic E-state index is -1.11. The summed E-state index contributed by atoms with van der Waals surface area (Å²) in [7, 11) is 0. The Kier molecular flexibility index (Phi) is 13.2. The zero-order valence-corrected chi connectivity index (χ0v) is 28.9. The third-order valence-corrected chi connectivity index (χ3v) is 9.16. The fraction of sp³-hybridized carbons (Fsp3) is 0.410. The second-order valence-electron chi connectivity index (χ2n) is 13.3. The van der Waals surface area contributed by atoms with Crippen LogP contribution in [-0.2, 0) is 11.8 Å². The number of aromatic carboxylic acids is 2. The Balaban J connectivity index is 1.91. The second kappa shape index (κ2) is 16.9. The number of esters is 1. The van der Waals surface area contributed by atoms with Gasteiger partial charge in [0, 0.05) is 22.5 Å². The van der Waals surface area contributed by atoms with Crippen LogP contribution in [0, 0.1) is 5.92 Å². The van der Waals surface area contributed by atoms with E-state index in [-0.39, 0.29) is 34.0 Å². The molecule has 0 spiro atoms. The van der Waals surface area contributed by atoms with Crippen LogP contribution in [0.15, 0.2) is 54.6 Å². The molecule has 0 aliphatic heterocycles. The lowest BCUT2D eigenvalue weighted by molar-refractivity contribution is 0.0681. The minimum absolute atomic E-state index is 0.0696. The molecule has 0 bridgehead atoms. The number of carboxylic acids is 2. The van der Waals surface area contributed by atoms with E-state index in [0.29, 0.717) is 40.9 Å². The van der Waals surface area contributed by atoms with Crippen molar-refractivity contribution in [1.82, 2.24) is 0 Å². The Bertz CT molecular complexity index is 1640. The maximum Gasteiger partial charge on any atom is 0.343 e. The molecule has 8 N–H and O–H groups in total. The van der Waals surface area contributed by atoms with Gasteiger partial charge in [0.2, 0.25) is 0 Å². The summed E-state index contributed by atoms with van der Waals surface area (Å²) in [4.78, 5) is 37.8. The summed E-state index contributed by atoms with van der Waals surface area (Å²) in [6, 6.07) is 12.8. The number of anilines is 3. The van der Waals surface area contributed by atoms with Gasteiger partial charge in [-0.15, -0.1) is 0 Å². The predicted molar refractivity (Wildman–Crippen MR) is 194 cm³/mol. The number of benzene rings is 3. The average molecular weight is 658 g/mol. The van der Waals surface area contributed by atoms with Crippen LogP contribution in [0.5, 0.6) is 5.75 Å². The molecule has 0 fully saturated rings. The first-order valence-electron chi connectivity index (χ1n) is 16.8. The number of hydrogen-bond donors (Lipinski definition) is 5. The third-order valence-electron chi connectivity index (χ3n) is 9.16. The normalized spacial score (nSPS) is 12.5. The minimum Gasteiger partial charge on any atom is -0.478 e. The van der Waals surface area contributed by atoms with E-state index in [1.54, 1.807) is 48.5 Å². The van der Waals surface area contributed by atoms with Crippen molar-refractivity contribution in [2.24, 2.45) is 5.92 Å². The zero-order chi connectivity index (χ0) is 35.6. The number of carbonyl (C=O) groups excluding carboxylic acids is 1. The zero-order valence-electron chi connectivity index (χ0n) is 28.9. The highest BCUT2D eigenvalue weighted by molar-refractivity contribution is 5.97. The van der Waals surface area contributed by atoms with Crippen LogP contribution in [0.25, 0.3) is 5.57 Å². The SMILES string of the molecule is CCCCC(CC)Cc1c(C(=O)O)cc(C(C)=CCCCCC(C)(C)c2cc(N)ccc2C(=O)O)c(N)c1OC(=O)c1ccc(N)cc1. The number of nitrogens with two attached hydrogens (primary N) is 3. The largest absolute Gasteiger partial charge is 0.478 e. The van der Waals surface area contributed by atoms with Crippen LogP contribution in [0.3, 0.4) is 0 Å². The van der Waals surface area contributed by atoms with Gasteiger partial charge in [-0.2, -0.15) is 0 Å². The molecule has 3 aromatic rings. The molecule has 1 unspecified atom stereocenters. The third kappa shape index (κ3) is 9.62. The van der Waals surface area contributed by atoms with Gasteiger partial charge in [-0.1, -0.05) is 65.9 Å². The first kappa shape index (κ1) is 37.7. The van der Waals surface area contributed by atoms with E-state index in [9.17, 15) is 24.6 Å². The molecule has 258 valence electrons. The molecule has 48 heavy (non-hydrogen) atoms. The molecule has 0 amide bonds. The summed E-state index contributed by atoms with van der Waals surface area (Å²) in [6.07, 6.45) is 9.28. The second-order valence-corrected chi connectivity index (χ2v) is 13.3. The maximum absolute atomic E-state index is 13.3. The summed E-state index contributed by atoms with van der Waals surface area (Å²) < 4.78 is 5.95. The summed E-state index contributed by atoms with van der Waals surface area (Å²) in [5.74, 6) is -2.45. The number of carbonyl (C=O) groups is 3. The Morgan fingerprint density at radius 3 is 2.10 bits per heavy atom. The van der Waals surface area contributed by atoms with E-state index in [4.69, 9.17) is 21.9 Å². The first-order valence-corrected chi connectivity index (χ1v) is 16.8. The van der Waals surface area contributed by atoms with Crippen LogP contribution in [0.2, 0.25) is 0 Å². The number of ether oxygens (including phenoxy) is 1. The van der Waals surface area contributed by atoms with Gasteiger partial charge in [0.25, 0.3) is 0 Å². The van der Waals surface area contributed by atoms with Gasteiger partial charge in [-0.3, -0.25) is 0 Å². The van der Waals surface area contributed by atoms with E-state index in [1.165, 1.54) is 0 Å². The van der Waals surface area contributed by atoms with E-state index < -0.39 is 23.3 Å². The Labute approximate surface area is 284 Å². The number of carboxylic acid groups (broad SMARTS) is 2. The molecule has 0 saturated carbocycles. The van der Waals surface area contributed by atoms with Crippen LogP contribution < -0.4 is 21.9 Å². The lowest BCUT2D eigenvalue weighted by Crippen LogP contribution is -2.21. The molecule has 9 heteroatoms. The topological polar surface area (TPSA) is 179 Å².